The van der Waals surface area contributed by atoms with Crippen LogP contribution < -0.4 is 14.2 Å². The van der Waals surface area contributed by atoms with E-state index in [4.69, 9.17) is 9.47 Å². The molecule has 0 bridgehead atoms. The van der Waals surface area contributed by atoms with Crippen molar-refractivity contribution in [3.63, 3.8) is 0 Å². The Morgan fingerprint density at radius 1 is 1.10 bits per heavy atom. The number of benzene rings is 2. The summed E-state index contributed by atoms with van der Waals surface area (Å²) < 4.78 is 40.0. The Morgan fingerprint density at radius 2 is 1.83 bits per heavy atom. The van der Waals surface area contributed by atoms with Crippen LogP contribution in [-0.2, 0) is 23.0 Å². The first-order chi connectivity index (χ1) is 14.5. The smallest absolute Gasteiger partial charge is 0.242 e. The van der Waals surface area contributed by atoms with Crippen LogP contribution in [0.1, 0.15) is 17.5 Å². The molecule has 0 saturated carbocycles. The van der Waals surface area contributed by atoms with E-state index in [1.54, 1.807) is 19.6 Å². The summed E-state index contributed by atoms with van der Waals surface area (Å²) in [7, 11) is -0.202. The van der Waals surface area contributed by atoms with Crippen LogP contribution in [0.2, 0.25) is 0 Å². The number of methoxy groups -OCH3 is 2. The van der Waals surface area contributed by atoms with Gasteiger partial charge in [-0.1, -0.05) is 18.2 Å². The van der Waals surface area contributed by atoms with Crippen LogP contribution >= 0.6 is 11.3 Å². The molecule has 2 aromatic carbocycles. The summed E-state index contributed by atoms with van der Waals surface area (Å²) in [6.07, 6.45) is 1.70. The molecule has 6 nitrogen and oxygen atoms in total. The van der Waals surface area contributed by atoms with E-state index in [1.165, 1.54) is 22.5 Å². The van der Waals surface area contributed by atoms with E-state index in [1.807, 2.05) is 30.3 Å². The van der Waals surface area contributed by atoms with Gasteiger partial charge in [-0.05, 0) is 48.7 Å². The molecule has 0 aliphatic carbocycles. The molecular weight excluding hydrogens is 420 g/mol. The van der Waals surface area contributed by atoms with E-state index < -0.39 is 10.0 Å². The van der Waals surface area contributed by atoms with Crippen LogP contribution in [0, 0.1) is 0 Å². The van der Waals surface area contributed by atoms with Crippen molar-refractivity contribution >= 4 is 31.4 Å². The number of ether oxygens (including phenoxy) is 2. The summed E-state index contributed by atoms with van der Waals surface area (Å²) in [4.78, 5) is 2.72. The van der Waals surface area contributed by atoms with Gasteiger partial charge < -0.3 is 9.47 Å². The monoisotopic (exact) mass is 446 g/mol. The maximum absolute atomic E-state index is 12.7. The molecular formula is C22H26N2O4S2. The first kappa shape index (κ1) is 21.1. The van der Waals surface area contributed by atoms with E-state index in [0.29, 0.717) is 11.4 Å². The number of hydrogen-bond donors (Lipinski definition) is 1. The zero-order valence-corrected chi connectivity index (χ0v) is 18.8. The fourth-order valence-corrected chi connectivity index (χ4v) is 6.46. The molecule has 0 spiro atoms. The number of hydrogen-bond acceptors (Lipinski definition) is 6. The van der Waals surface area contributed by atoms with Crippen molar-refractivity contribution in [1.29, 1.82) is 0 Å². The molecule has 2 heterocycles. The SMILES string of the molecule is COc1cc2c(cc1OC)CN(CCCNS(=O)(=O)c1csc3ccccc13)CC2. The normalized spacial score (nSPS) is 14.6. The molecule has 3 aromatic rings. The van der Waals surface area contributed by atoms with Crippen LogP contribution in [0.25, 0.3) is 10.1 Å². The third-order valence-electron chi connectivity index (χ3n) is 5.48. The highest BCUT2D eigenvalue weighted by molar-refractivity contribution is 7.90. The van der Waals surface area contributed by atoms with E-state index in [0.717, 1.165) is 54.1 Å². The minimum Gasteiger partial charge on any atom is -0.493 e. The van der Waals surface area contributed by atoms with Crippen molar-refractivity contribution in [2.24, 2.45) is 0 Å². The molecule has 0 atom stereocenters. The predicted molar refractivity (Wildman–Crippen MR) is 120 cm³/mol. The molecule has 0 unspecified atom stereocenters. The van der Waals surface area contributed by atoms with Gasteiger partial charge in [0.15, 0.2) is 11.5 Å². The van der Waals surface area contributed by atoms with E-state index in [-0.39, 0.29) is 0 Å². The quantitative estimate of drug-likeness (QED) is 0.535. The average molecular weight is 447 g/mol. The highest BCUT2D eigenvalue weighted by Gasteiger charge is 2.21. The molecule has 1 N–H and O–H groups in total. The van der Waals surface area contributed by atoms with Crippen molar-refractivity contribution in [2.45, 2.75) is 24.3 Å². The standard InChI is InChI=1S/C22H26N2O4S2/c1-27-19-12-16-8-11-24(14-17(16)13-20(19)28-2)10-5-9-23-30(25,26)22-15-29-21-7-4-3-6-18(21)22/h3-4,6-7,12-13,15,23H,5,8-11,14H2,1-2H3. The lowest BCUT2D eigenvalue weighted by atomic mass is 9.98. The lowest BCUT2D eigenvalue weighted by Gasteiger charge is -2.29. The van der Waals surface area contributed by atoms with Gasteiger partial charge in [0.05, 0.1) is 14.2 Å². The molecule has 0 saturated heterocycles. The second-order valence-corrected chi connectivity index (χ2v) is 10.00. The highest BCUT2D eigenvalue weighted by atomic mass is 32.2. The summed E-state index contributed by atoms with van der Waals surface area (Å²) in [5.74, 6) is 1.51. The van der Waals surface area contributed by atoms with Gasteiger partial charge in [-0.25, -0.2) is 13.1 Å². The molecule has 1 aromatic heterocycles. The first-order valence-corrected chi connectivity index (χ1v) is 12.3. The van der Waals surface area contributed by atoms with Crippen LogP contribution in [0.4, 0.5) is 0 Å². The largest absolute Gasteiger partial charge is 0.493 e. The first-order valence-electron chi connectivity index (χ1n) is 9.94. The van der Waals surface area contributed by atoms with Gasteiger partial charge in [0.2, 0.25) is 10.0 Å². The Kier molecular flexibility index (Phi) is 6.29. The van der Waals surface area contributed by atoms with E-state index in [2.05, 4.69) is 15.7 Å². The van der Waals surface area contributed by atoms with Crippen molar-refractivity contribution in [1.82, 2.24) is 9.62 Å². The van der Waals surface area contributed by atoms with Gasteiger partial charge in [-0.15, -0.1) is 11.3 Å². The Labute approximate surface area is 181 Å². The number of nitrogens with zero attached hydrogens (tertiary/aromatic N) is 1. The fraction of sp³-hybridized carbons (Fsp3) is 0.364. The fourth-order valence-electron chi connectivity index (χ4n) is 3.88. The number of sulfonamides is 1. The van der Waals surface area contributed by atoms with Gasteiger partial charge in [-0.2, -0.15) is 0 Å². The molecule has 1 aliphatic rings. The van der Waals surface area contributed by atoms with Crippen LogP contribution in [-0.4, -0.2) is 47.2 Å². The Morgan fingerprint density at radius 3 is 2.60 bits per heavy atom. The maximum atomic E-state index is 12.7. The maximum Gasteiger partial charge on any atom is 0.242 e. The zero-order chi connectivity index (χ0) is 21.1. The molecule has 0 fully saturated rings. The number of fused-ring (bicyclic) bond motifs is 2. The van der Waals surface area contributed by atoms with Crippen LogP contribution in [0.15, 0.2) is 46.7 Å². The average Bonchev–Trinajstić information content (AvgIpc) is 3.21. The molecule has 0 amide bonds. The molecule has 8 heteroatoms. The third kappa shape index (κ3) is 4.32. The molecule has 0 radical (unpaired) electrons. The summed E-state index contributed by atoms with van der Waals surface area (Å²) in [5, 5.41) is 2.50. The van der Waals surface area contributed by atoms with Crippen molar-refractivity contribution in [3.8, 4) is 11.5 Å². The van der Waals surface area contributed by atoms with E-state index in [9.17, 15) is 8.42 Å². The van der Waals surface area contributed by atoms with Crippen molar-refractivity contribution in [2.75, 3.05) is 33.9 Å². The predicted octanol–water partition coefficient (Wildman–Crippen LogP) is 3.65. The van der Waals surface area contributed by atoms with Crippen molar-refractivity contribution < 1.29 is 17.9 Å². The molecule has 4 rings (SSSR count). The Bertz CT molecular complexity index is 1140. The van der Waals surface area contributed by atoms with Gasteiger partial charge in [0.25, 0.3) is 0 Å². The zero-order valence-electron chi connectivity index (χ0n) is 17.2. The van der Waals surface area contributed by atoms with Gasteiger partial charge in [0, 0.05) is 35.1 Å². The lowest BCUT2D eigenvalue weighted by molar-refractivity contribution is 0.250. The number of rotatable bonds is 8. The number of thiophene rings is 1. The minimum absolute atomic E-state index is 0.371. The Balaban J connectivity index is 1.33. The topological polar surface area (TPSA) is 67.9 Å². The number of nitrogens with one attached hydrogen (secondary N) is 1. The summed E-state index contributed by atoms with van der Waals surface area (Å²) in [6, 6.07) is 11.7. The van der Waals surface area contributed by atoms with Gasteiger partial charge in [0.1, 0.15) is 4.90 Å². The summed E-state index contributed by atoms with van der Waals surface area (Å²) in [6.45, 7) is 3.03. The van der Waals surface area contributed by atoms with Crippen LogP contribution in [0.3, 0.4) is 0 Å². The van der Waals surface area contributed by atoms with Crippen LogP contribution in [0.5, 0.6) is 11.5 Å². The summed E-state index contributed by atoms with van der Waals surface area (Å²) in [5.41, 5.74) is 2.53. The molecule has 160 valence electrons. The molecule has 30 heavy (non-hydrogen) atoms. The van der Waals surface area contributed by atoms with Crippen molar-refractivity contribution in [3.05, 3.63) is 52.9 Å². The lowest BCUT2D eigenvalue weighted by Crippen LogP contribution is -2.33. The highest BCUT2D eigenvalue weighted by Crippen LogP contribution is 2.33. The van der Waals surface area contributed by atoms with Gasteiger partial charge >= 0.3 is 0 Å². The molecule has 1 aliphatic heterocycles. The van der Waals surface area contributed by atoms with Gasteiger partial charge in [-0.3, -0.25) is 4.90 Å². The third-order valence-corrected chi connectivity index (χ3v) is 8.09. The summed E-state index contributed by atoms with van der Waals surface area (Å²) >= 11 is 1.46. The Hall–Kier alpha value is -2.13. The van der Waals surface area contributed by atoms with E-state index >= 15 is 0 Å². The minimum atomic E-state index is -3.50. The second kappa shape index (κ2) is 8.93. The second-order valence-electron chi connectivity index (χ2n) is 7.35.